The molecular weight excluding hydrogens is 332 g/mol. The second kappa shape index (κ2) is 7.02. The maximum Gasteiger partial charge on any atom is 0.309 e. The maximum atomic E-state index is 12.6. The summed E-state index contributed by atoms with van der Waals surface area (Å²) in [5.74, 6) is 0.624. The number of ether oxygens (including phenoxy) is 1. The molecular formula is C20H22N2O4. The standard InChI is InChI=1S/C20H22N2O4/c1-12(18-21-22-19(26-18)13-6-3-2-4-7-13)25-20(24)16-10-14-8-5-9-15(11-16)17(14)23/h2-4,6-7,12,14-16H,5,8-11H2,1H3/t12-,14-,15+,16?/m0/s1. The summed E-state index contributed by atoms with van der Waals surface area (Å²) in [6.07, 6.45) is 3.51. The first-order valence-corrected chi connectivity index (χ1v) is 9.25. The maximum absolute atomic E-state index is 12.6. The van der Waals surface area contributed by atoms with Gasteiger partial charge in [-0.15, -0.1) is 10.2 Å². The van der Waals surface area contributed by atoms with Crippen molar-refractivity contribution in [2.24, 2.45) is 17.8 Å². The van der Waals surface area contributed by atoms with Gasteiger partial charge in [0.15, 0.2) is 6.10 Å². The lowest BCUT2D eigenvalue weighted by Gasteiger charge is -2.36. The summed E-state index contributed by atoms with van der Waals surface area (Å²) in [7, 11) is 0. The van der Waals surface area contributed by atoms with Crippen LogP contribution in [0, 0.1) is 17.8 Å². The molecule has 1 unspecified atom stereocenters. The molecule has 0 amide bonds. The Morgan fingerprint density at radius 3 is 2.54 bits per heavy atom. The first kappa shape index (κ1) is 16.9. The molecule has 0 radical (unpaired) electrons. The fourth-order valence-corrected chi connectivity index (χ4v) is 4.09. The fraction of sp³-hybridized carbons (Fsp3) is 0.500. The number of carbonyl (C=O) groups excluding carboxylic acids is 2. The lowest BCUT2D eigenvalue weighted by atomic mass is 9.67. The fourth-order valence-electron chi connectivity index (χ4n) is 4.09. The van der Waals surface area contributed by atoms with Gasteiger partial charge >= 0.3 is 5.97 Å². The summed E-state index contributed by atoms with van der Waals surface area (Å²) in [6, 6.07) is 9.46. The second-order valence-corrected chi connectivity index (χ2v) is 7.29. The number of nitrogens with zero attached hydrogens (tertiary/aromatic N) is 2. The molecule has 2 bridgehead atoms. The monoisotopic (exact) mass is 354 g/mol. The molecule has 2 aliphatic carbocycles. The molecule has 6 heteroatoms. The minimum absolute atomic E-state index is 0.0310. The first-order chi connectivity index (χ1) is 12.6. The normalized spacial score (nSPS) is 26.3. The Balaban J connectivity index is 1.40. The molecule has 1 aromatic heterocycles. The third kappa shape index (κ3) is 3.28. The summed E-state index contributed by atoms with van der Waals surface area (Å²) >= 11 is 0. The number of aromatic nitrogens is 2. The van der Waals surface area contributed by atoms with E-state index in [1.54, 1.807) is 6.92 Å². The van der Waals surface area contributed by atoms with Crippen LogP contribution in [0.2, 0.25) is 0 Å². The van der Waals surface area contributed by atoms with Gasteiger partial charge in [-0.05, 0) is 44.7 Å². The third-order valence-electron chi connectivity index (χ3n) is 5.48. The molecule has 1 heterocycles. The molecule has 1 aromatic carbocycles. The van der Waals surface area contributed by atoms with Gasteiger partial charge in [-0.3, -0.25) is 9.59 Å². The van der Waals surface area contributed by atoms with Crippen molar-refractivity contribution >= 4 is 11.8 Å². The molecule has 136 valence electrons. The van der Waals surface area contributed by atoms with Crippen molar-refractivity contribution in [3.8, 4) is 11.5 Å². The average molecular weight is 354 g/mol. The van der Waals surface area contributed by atoms with E-state index in [1.165, 1.54) is 0 Å². The van der Waals surface area contributed by atoms with Gasteiger partial charge in [0, 0.05) is 17.4 Å². The van der Waals surface area contributed by atoms with E-state index in [2.05, 4.69) is 10.2 Å². The van der Waals surface area contributed by atoms with E-state index in [9.17, 15) is 9.59 Å². The largest absolute Gasteiger partial charge is 0.452 e. The smallest absolute Gasteiger partial charge is 0.309 e. The van der Waals surface area contributed by atoms with Crippen LogP contribution >= 0.6 is 0 Å². The van der Waals surface area contributed by atoms with Crippen LogP contribution in [-0.4, -0.2) is 21.9 Å². The van der Waals surface area contributed by atoms with Gasteiger partial charge < -0.3 is 9.15 Å². The van der Waals surface area contributed by atoms with Crippen LogP contribution in [0.4, 0.5) is 0 Å². The lowest BCUT2D eigenvalue weighted by Crippen LogP contribution is -2.39. The molecule has 6 nitrogen and oxygen atoms in total. The van der Waals surface area contributed by atoms with Gasteiger partial charge in [0.05, 0.1) is 5.92 Å². The van der Waals surface area contributed by atoms with Gasteiger partial charge in [0.2, 0.25) is 5.89 Å². The van der Waals surface area contributed by atoms with Crippen molar-refractivity contribution in [3.63, 3.8) is 0 Å². The van der Waals surface area contributed by atoms with Crippen LogP contribution in [0.3, 0.4) is 0 Å². The zero-order valence-corrected chi connectivity index (χ0v) is 14.8. The number of rotatable bonds is 4. The van der Waals surface area contributed by atoms with E-state index in [-0.39, 0.29) is 29.6 Å². The van der Waals surface area contributed by atoms with E-state index < -0.39 is 6.10 Å². The highest BCUT2D eigenvalue weighted by molar-refractivity contribution is 5.87. The van der Waals surface area contributed by atoms with Crippen LogP contribution in [0.1, 0.15) is 51.0 Å². The van der Waals surface area contributed by atoms with Crippen molar-refractivity contribution in [1.82, 2.24) is 10.2 Å². The zero-order valence-electron chi connectivity index (χ0n) is 14.8. The van der Waals surface area contributed by atoms with Crippen LogP contribution in [0.25, 0.3) is 11.5 Å². The molecule has 2 aliphatic rings. The van der Waals surface area contributed by atoms with Crippen LogP contribution < -0.4 is 0 Å². The highest BCUT2D eigenvalue weighted by atomic mass is 16.6. The summed E-state index contributed by atoms with van der Waals surface area (Å²) < 4.78 is 11.2. The van der Waals surface area contributed by atoms with Gasteiger partial charge in [-0.2, -0.15) is 0 Å². The number of hydrogen-bond donors (Lipinski definition) is 0. The molecule has 0 saturated heterocycles. The number of ketones is 1. The minimum Gasteiger partial charge on any atom is -0.452 e. The topological polar surface area (TPSA) is 82.3 Å². The van der Waals surface area contributed by atoms with Gasteiger partial charge in [-0.1, -0.05) is 24.6 Å². The van der Waals surface area contributed by atoms with E-state index >= 15 is 0 Å². The number of hydrogen-bond acceptors (Lipinski definition) is 6. The predicted molar refractivity (Wildman–Crippen MR) is 92.8 cm³/mol. The Morgan fingerprint density at radius 2 is 1.85 bits per heavy atom. The molecule has 0 spiro atoms. The molecule has 4 atom stereocenters. The van der Waals surface area contributed by atoms with Crippen LogP contribution in [-0.2, 0) is 14.3 Å². The summed E-state index contributed by atoms with van der Waals surface area (Å²) in [5, 5.41) is 8.04. The molecule has 2 fully saturated rings. The molecule has 0 N–H and O–H groups in total. The Kier molecular flexibility index (Phi) is 4.57. The highest BCUT2D eigenvalue weighted by Gasteiger charge is 2.42. The number of Topliss-reactive ketones (excluding diaryl/α,β-unsaturated/α-hetero) is 1. The Bertz CT molecular complexity index is 785. The van der Waals surface area contributed by atoms with E-state index in [0.29, 0.717) is 24.5 Å². The predicted octanol–water partition coefficient (Wildman–Crippen LogP) is 3.74. The lowest BCUT2D eigenvalue weighted by molar-refractivity contribution is -0.159. The van der Waals surface area contributed by atoms with E-state index in [4.69, 9.17) is 9.15 Å². The van der Waals surface area contributed by atoms with E-state index in [1.807, 2.05) is 30.3 Å². The number of esters is 1. The van der Waals surface area contributed by atoms with Crippen molar-refractivity contribution in [2.75, 3.05) is 0 Å². The summed E-state index contributed by atoms with van der Waals surface area (Å²) in [6.45, 7) is 1.73. The summed E-state index contributed by atoms with van der Waals surface area (Å²) in [5.41, 5.74) is 0.823. The second-order valence-electron chi connectivity index (χ2n) is 7.29. The van der Waals surface area contributed by atoms with Crippen LogP contribution in [0.15, 0.2) is 34.7 Å². The van der Waals surface area contributed by atoms with Crippen molar-refractivity contribution in [3.05, 3.63) is 36.2 Å². The summed E-state index contributed by atoms with van der Waals surface area (Å²) in [4.78, 5) is 24.7. The van der Waals surface area contributed by atoms with Crippen molar-refractivity contribution in [1.29, 1.82) is 0 Å². The highest BCUT2D eigenvalue weighted by Crippen LogP contribution is 2.41. The SMILES string of the molecule is C[C@H](OC(=O)C1C[C@H]2CCC[C@@H](C1)C2=O)c1nnc(-c2ccccc2)o1. The minimum atomic E-state index is -0.607. The number of benzene rings is 1. The zero-order chi connectivity index (χ0) is 18.1. The van der Waals surface area contributed by atoms with Crippen molar-refractivity contribution in [2.45, 2.75) is 45.1 Å². The van der Waals surface area contributed by atoms with E-state index in [0.717, 1.165) is 24.8 Å². The molecule has 26 heavy (non-hydrogen) atoms. The van der Waals surface area contributed by atoms with Crippen molar-refractivity contribution < 1.29 is 18.7 Å². The van der Waals surface area contributed by atoms with Crippen LogP contribution in [0.5, 0.6) is 0 Å². The third-order valence-corrected chi connectivity index (χ3v) is 5.48. The first-order valence-electron chi connectivity index (χ1n) is 9.25. The van der Waals surface area contributed by atoms with Gasteiger partial charge in [0.1, 0.15) is 5.78 Å². The average Bonchev–Trinajstić information content (AvgIpc) is 3.12. The number of fused-ring (bicyclic) bond motifs is 2. The van der Waals surface area contributed by atoms with Gasteiger partial charge in [-0.25, -0.2) is 0 Å². The Labute approximate surface area is 151 Å². The molecule has 0 aliphatic heterocycles. The molecule has 4 rings (SSSR count). The Morgan fingerprint density at radius 1 is 1.15 bits per heavy atom. The molecule has 2 saturated carbocycles. The Hall–Kier alpha value is -2.50. The van der Waals surface area contributed by atoms with Gasteiger partial charge in [0.25, 0.3) is 5.89 Å². The quantitative estimate of drug-likeness (QED) is 0.778. The number of carbonyl (C=O) groups is 2. The molecule has 2 aromatic rings.